The molecular formula is C25H27N11. The second-order valence-electron chi connectivity index (χ2n) is 9.66. The van der Waals surface area contributed by atoms with Crippen molar-refractivity contribution in [2.75, 3.05) is 56.1 Å². The van der Waals surface area contributed by atoms with Crippen molar-refractivity contribution >= 4 is 33.6 Å². The first-order valence-electron chi connectivity index (χ1n) is 12.2. The van der Waals surface area contributed by atoms with Gasteiger partial charge in [0.05, 0.1) is 29.3 Å². The molecule has 0 radical (unpaired) electrons. The van der Waals surface area contributed by atoms with Gasteiger partial charge in [-0.15, -0.1) is 0 Å². The molecule has 5 aromatic heterocycles. The van der Waals surface area contributed by atoms with Gasteiger partial charge in [0, 0.05) is 62.6 Å². The van der Waals surface area contributed by atoms with Gasteiger partial charge in [0.15, 0.2) is 0 Å². The summed E-state index contributed by atoms with van der Waals surface area (Å²) in [6, 6.07) is 8.35. The first-order valence-corrected chi connectivity index (χ1v) is 12.2. The third kappa shape index (κ3) is 3.55. The number of hydrogen-bond acceptors (Lipinski definition) is 9. The van der Waals surface area contributed by atoms with E-state index in [1.165, 1.54) is 5.69 Å². The van der Waals surface area contributed by atoms with Gasteiger partial charge < -0.3 is 25.4 Å². The minimum absolute atomic E-state index is 0.195. The zero-order chi connectivity index (χ0) is 24.2. The van der Waals surface area contributed by atoms with E-state index in [9.17, 15) is 0 Å². The number of pyridine rings is 2. The van der Waals surface area contributed by atoms with Crippen LogP contribution in [0.3, 0.4) is 0 Å². The van der Waals surface area contributed by atoms with Crippen LogP contribution in [0.25, 0.3) is 44.8 Å². The van der Waals surface area contributed by atoms with Crippen molar-refractivity contribution in [3.05, 3.63) is 42.9 Å². The highest BCUT2D eigenvalue weighted by Crippen LogP contribution is 2.33. The van der Waals surface area contributed by atoms with Crippen LogP contribution in [0.1, 0.15) is 0 Å². The van der Waals surface area contributed by atoms with Gasteiger partial charge in [-0.2, -0.15) is 5.10 Å². The van der Waals surface area contributed by atoms with E-state index in [-0.39, 0.29) is 6.04 Å². The summed E-state index contributed by atoms with van der Waals surface area (Å²) in [6.07, 6.45) is 5.38. The second-order valence-corrected chi connectivity index (χ2v) is 9.66. The lowest BCUT2D eigenvalue weighted by Crippen LogP contribution is -2.56. The fraction of sp³-hybridized carbons (Fsp3) is 0.320. The van der Waals surface area contributed by atoms with E-state index in [0.717, 1.165) is 89.9 Å². The van der Waals surface area contributed by atoms with Gasteiger partial charge in [0.1, 0.15) is 28.4 Å². The van der Waals surface area contributed by atoms with E-state index in [2.05, 4.69) is 59.0 Å². The first kappa shape index (κ1) is 21.2. The molecule has 0 bridgehead atoms. The summed E-state index contributed by atoms with van der Waals surface area (Å²) in [5.74, 6) is 0.821. The van der Waals surface area contributed by atoms with Gasteiger partial charge in [0.25, 0.3) is 0 Å². The number of nitrogens with one attached hydrogen (secondary N) is 2. The van der Waals surface area contributed by atoms with Crippen LogP contribution in [0, 0.1) is 0 Å². The third-order valence-electron chi connectivity index (χ3n) is 7.13. The van der Waals surface area contributed by atoms with Crippen molar-refractivity contribution < 1.29 is 0 Å². The molecule has 2 aliphatic rings. The number of nitrogens with zero attached hydrogens (tertiary/aromatic N) is 8. The number of aromatic amines is 2. The predicted molar refractivity (Wildman–Crippen MR) is 140 cm³/mol. The van der Waals surface area contributed by atoms with Crippen molar-refractivity contribution in [3.8, 4) is 22.8 Å². The molecule has 0 saturated carbocycles. The van der Waals surface area contributed by atoms with Gasteiger partial charge >= 0.3 is 0 Å². The molecule has 0 aromatic carbocycles. The second kappa shape index (κ2) is 8.25. The maximum atomic E-state index is 5.94. The largest absolute Gasteiger partial charge is 0.368 e. The van der Waals surface area contributed by atoms with E-state index >= 15 is 0 Å². The maximum absolute atomic E-state index is 5.94. The van der Waals surface area contributed by atoms with Gasteiger partial charge in [0.2, 0.25) is 0 Å². The Morgan fingerprint density at radius 3 is 2.67 bits per heavy atom. The number of anilines is 2. The molecule has 11 nitrogen and oxygen atoms in total. The maximum Gasteiger partial charge on any atom is 0.147 e. The highest BCUT2D eigenvalue weighted by molar-refractivity contribution is 5.97. The highest BCUT2D eigenvalue weighted by Gasteiger charge is 2.25. The van der Waals surface area contributed by atoms with E-state index in [0.29, 0.717) is 0 Å². The molecule has 0 spiro atoms. The Labute approximate surface area is 207 Å². The summed E-state index contributed by atoms with van der Waals surface area (Å²) in [7, 11) is 2.17. The highest BCUT2D eigenvalue weighted by atomic mass is 15.3. The van der Waals surface area contributed by atoms with Crippen molar-refractivity contribution in [1.82, 2.24) is 40.0 Å². The lowest BCUT2D eigenvalue weighted by atomic mass is 10.1. The number of hydrogen-bond donors (Lipinski definition) is 3. The van der Waals surface area contributed by atoms with E-state index in [1.54, 1.807) is 12.4 Å². The lowest BCUT2D eigenvalue weighted by molar-refractivity contribution is 0.313. The summed E-state index contributed by atoms with van der Waals surface area (Å²) < 4.78 is 0. The summed E-state index contributed by atoms with van der Waals surface area (Å²) >= 11 is 0. The number of H-pyrrole nitrogens is 2. The molecular weight excluding hydrogens is 454 g/mol. The van der Waals surface area contributed by atoms with Crippen LogP contribution in [0.4, 0.5) is 11.5 Å². The van der Waals surface area contributed by atoms with Gasteiger partial charge in [-0.05, 0) is 31.3 Å². The Balaban J connectivity index is 1.26. The average Bonchev–Trinajstić information content (AvgIpc) is 3.51. The molecule has 11 heteroatoms. The number of fused-ring (bicyclic) bond motifs is 2. The Bertz CT molecular complexity index is 1560. The number of likely N-dealkylation sites (N-methyl/N-ethyl adjacent to an activating group) is 1. The summed E-state index contributed by atoms with van der Waals surface area (Å²) in [6.45, 7) is 5.67. The molecule has 5 aromatic rings. The standard InChI is InChI=1S/C25H27N11/c1-34-6-8-35(9-7-34)21-4-5-28-25-16(21)10-19(31-25)24-23-18(32-33-24)3-2-17(30-23)20-11-27-12-22(29-20)36-13-15(26)14-36/h2-5,10-12,15H,6-9,13-14,26H2,1H3,(H,28,31)(H,32,33). The fourth-order valence-corrected chi connectivity index (χ4v) is 5.02. The number of nitrogens with two attached hydrogens (primary N) is 1. The van der Waals surface area contributed by atoms with E-state index < -0.39 is 0 Å². The van der Waals surface area contributed by atoms with Crippen LogP contribution in [-0.4, -0.2) is 92.4 Å². The zero-order valence-electron chi connectivity index (χ0n) is 20.0. The molecule has 0 aliphatic carbocycles. The number of piperazine rings is 1. The lowest BCUT2D eigenvalue weighted by Gasteiger charge is -2.37. The van der Waals surface area contributed by atoms with E-state index in [4.69, 9.17) is 15.7 Å². The molecule has 7 heterocycles. The zero-order valence-corrected chi connectivity index (χ0v) is 20.0. The molecule has 0 atom stereocenters. The van der Waals surface area contributed by atoms with Gasteiger partial charge in [-0.25, -0.2) is 15.0 Å². The summed E-state index contributed by atoms with van der Waals surface area (Å²) in [4.78, 5) is 29.1. The fourth-order valence-electron chi connectivity index (χ4n) is 5.02. The van der Waals surface area contributed by atoms with Crippen LogP contribution >= 0.6 is 0 Å². The van der Waals surface area contributed by atoms with Crippen LogP contribution in [-0.2, 0) is 0 Å². The Morgan fingerprint density at radius 1 is 0.972 bits per heavy atom. The molecule has 2 aliphatic heterocycles. The predicted octanol–water partition coefficient (Wildman–Crippen LogP) is 1.86. The van der Waals surface area contributed by atoms with Crippen LogP contribution in [0.15, 0.2) is 42.9 Å². The van der Waals surface area contributed by atoms with Crippen molar-refractivity contribution in [2.45, 2.75) is 6.04 Å². The topological polar surface area (TPSA) is 132 Å². The van der Waals surface area contributed by atoms with Crippen molar-refractivity contribution in [1.29, 1.82) is 0 Å². The molecule has 2 saturated heterocycles. The Morgan fingerprint density at radius 2 is 1.83 bits per heavy atom. The molecule has 0 amide bonds. The Hall–Kier alpha value is -4.09. The molecule has 36 heavy (non-hydrogen) atoms. The van der Waals surface area contributed by atoms with Gasteiger partial charge in [-0.3, -0.25) is 10.1 Å². The SMILES string of the molecule is CN1CCN(c2ccnc3[nH]c(-c4n[nH]c5ccc(-c6cncc(N7CC(N)C7)n6)nc45)cc23)CC1. The number of aromatic nitrogens is 7. The average molecular weight is 482 g/mol. The minimum Gasteiger partial charge on any atom is -0.368 e. The van der Waals surface area contributed by atoms with Crippen molar-refractivity contribution in [2.24, 2.45) is 5.73 Å². The third-order valence-corrected chi connectivity index (χ3v) is 7.13. The van der Waals surface area contributed by atoms with Crippen LogP contribution in [0.5, 0.6) is 0 Å². The van der Waals surface area contributed by atoms with Crippen LogP contribution < -0.4 is 15.5 Å². The smallest absolute Gasteiger partial charge is 0.147 e. The monoisotopic (exact) mass is 481 g/mol. The van der Waals surface area contributed by atoms with Gasteiger partial charge in [-0.1, -0.05) is 0 Å². The normalized spacial score (nSPS) is 17.3. The molecule has 2 fully saturated rings. The van der Waals surface area contributed by atoms with E-state index in [1.807, 2.05) is 18.3 Å². The molecule has 0 unspecified atom stereocenters. The quantitative estimate of drug-likeness (QED) is 0.352. The minimum atomic E-state index is 0.195. The molecule has 182 valence electrons. The summed E-state index contributed by atoms with van der Waals surface area (Å²) in [5.41, 5.74) is 12.7. The first-order chi connectivity index (χ1) is 17.6. The number of rotatable bonds is 4. The molecule has 4 N–H and O–H groups in total. The molecule has 7 rings (SSSR count). The van der Waals surface area contributed by atoms with Crippen molar-refractivity contribution in [3.63, 3.8) is 0 Å². The Kier molecular flexibility index (Phi) is 4.86. The van der Waals surface area contributed by atoms with Crippen LogP contribution in [0.2, 0.25) is 0 Å². The summed E-state index contributed by atoms with van der Waals surface area (Å²) in [5, 5.41) is 8.81.